The van der Waals surface area contributed by atoms with E-state index in [2.05, 4.69) is 17.4 Å². The number of nitrogens with zero attached hydrogens (tertiary/aromatic N) is 3. The third kappa shape index (κ3) is 3.87. The number of benzene rings is 2. The van der Waals surface area contributed by atoms with Gasteiger partial charge in [0, 0.05) is 33.8 Å². The lowest BCUT2D eigenvalue weighted by molar-refractivity contribution is -0.0143. The summed E-state index contributed by atoms with van der Waals surface area (Å²) in [5, 5.41) is 15.0. The molecule has 7 rings (SSSR count). The van der Waals surface area contributed by atoms with Gasteiger partial charge in [0.15, 0.2) is 0 Å². The highest BCUT2D eigenvalue weighted by molar-refractivity contribution is 6.35. The number of nitrogens with one attached hydrogen (secondary N) is 1. The van der Waals surface area contributed by atoms with E-state index in [1.807, 2.05) is 36.4 Å². The van der Waals surface area contributed by atoms with Crippen LogP contribution < -0.4 is 5.32 Å². The second kappa shape index (κ2) is 8.48. The molecule has 4 saturated carbocycles. The number of rotatable bonds is 6. The molecule has 4 aliphatic carbocycles. The summed E-state index contributed by atoms with van der Waals surface area (Å²) in [5.41, 5.74) is 3.87. The molecule has 1 N–H and O–H groups in total. The fourth-order valence-corrected chi connectivity index (χ4v) is 7.21. The maximum atomic E-state index is 6.41. The van der Waals surface area contributed by atoms with Gasteiger partial charge in [0.1, 0.15) is 11.4 Å². The van der Waals surface area contributed by atoms with Crippen LogP contribution in [-0.4, -0.2) is 21.0 Å². The van der Waals surface area contributed by atoms with Gasteiger partial charge < -0.3 is 5.32 Å². The molecule has 0 saturated heterocycles. The molecule has 0 amide bonds. The van der Waals surface area contributed by atoms with Gasteiger partial charge in [0.05, 0.1) is 6.54 Å². The summed E-state index contributed by atoms with van der Waals surface area (Å²) in [7, 11) is 0. The first-order valence-electron chi connectivity index (χ1n) is 11.8. The molecule has 0 radical (unpaired) electrons. The quantitative estimate of drug-likeness (QED) is 0.469. The normalized spacial score (nSPS) is 28.4. The maximum absolute atomic E-state index is 6.41. The van der Waals surface area contributed by atoms with E-state index in [0.717, 1.165) is 52.7 Å². The van der Waals surface area contributed by atoms with E-state index < -0.39 is 0 Å². The topological polar surface area (TPSA) is 42.7 Å². The standard InChI is InChI=1S/C26H28Cl2N4/c27-22-7-4-8-23(28)21(22)15-32-30-24(26(31-32)18-5-2-1-3-6-18)14-29-25-19-10-16-9-17(12-19)13-20(25)11-16/h1-8,16-17,19-20,25,29H,9-15H2. The molecule has 4 bridgehead atoms. The van der Waals surface area contributed by atoms with Crippen molar-refractivity contribution < 1.29 is 0 Å². The van der Waals surface area contributed by atoms with Crippen molar-refractivity contribution in [3.05, 3.63) is 69.8 Å². The number of hydrogen-bond donors (Lipinski definition) is 1. The second-order valence-electron chi connectivity index (χ2n) is 9.93. The van der Waals surface area contributed by atoms with Gasteiger partial charge in [-0.1, -0.05) is 59.6 Å². The zero-order chi connectivity index (χ0) is 21.7. The van der Waals surface area contributed by atoms with Crippen molar-refractivity contribution in [2.75, 3.05) is 0 Å². The van der Waals surface area contributed by atoms with Crippen LogP contribution in [0.3, 0.4) is 0 Å². The van der Waals surface area contributed by atoms with Crippen LogP contribution in [0, 0.1) is 23.7 Å². The summed E-state index contributed by atoms with van der Waals surface area (Å²) < 4.78 is 0. The molecule has 2 aromatic carbocycles. The van der Waals surface area contributed by atoms with Crippen LogP contribution in [0.1, 0.15) is 43.4 Å². The minimum atomic E-state index is 0.455. The minimum absolute atomic E-state index is 0.455. The van der Waals surface area contributed by atoms with Gasteiger partial charge in [-0.25, -0.2) is 0 Å². The fourth-order valence-electron chi connectivity index (χ4n) is 6.69. The Bertz CT molecular complexity index is 1060. The van der Waals surface area contributed by atoms with E-state index >= 15 is 0 Å². The summed E-state index contributed by atoms with van der Waals surface area (Å²) in [4.78, 5) is 1.74. The molecule has 0 spiro atoms. The van der Waals surface area contributed by atoms with Crippen LogP contribution in [0.5, 0.6) is 0 Å². The zero-order valence-corrected chi connectivity index (χ0v) is 19.6. The molecule has 0 aliphatic heterocycles. The predicted octanol–water partition coefficient (Wildman–Crippen LogP) is 6.21. The summed E-state index contributed by atoms with van der Waals surface area (Å²) in [6.07, 6.45) is 7.13. The molecule has 3 aromatic rings. The summed E-state index contributed by atoms with van der Waals surface area (Å²) in [5.74, 6) is 3.64. The van der Waals surface area contributed by atoms with Crippen molar-refractivity contribution >= 4 is 23.2 Å². The van der Waals surface area contributed by atoms with E-state index in [-0.39, 0.29) is 0 Å². The van der Waals surface area contributed by atoms with Gasteiger partial charge in [0.2, 0.25) is 0 Å². The lowest BCUT2D eigenvalue weighted by Crippen LogP contribution is -2.54. The average Bonchev–Trinajstić information content (AvgIpc) is 3.19. The Labute approximate surface area is 199 Å². The SMILES string of the molecule is Clc1cccc(Cl)c1Cn1nc(CNC2C3CC4CC(C3)CC2C4)c(-c2ccccc2)n1. The molecule has 4 aliphatic rings. The fraction of sp³-hybridized carbons (Fsp3) is 0.462. The third-order valence-corrected chi connectivity index (χ3v) is 8.57. The third-order valence-electron chi connectivity index (χ3n) is 7.87. The van der Waals surface area contributed by atoms with E-state index in [1.165, 1.54) is 32.1 Å². The van der Waals surface area contributed by atoms with Crippen LogP contribution in [0.15, 0.2) is 48.5 Å². The van der Waals surface area contributed by atoms with E-state index in [1.54, 1.807) is 4.80 Å². The smallest absolute Gasteiger partial charge is 0.117 e. The molecule has 1 heterocycles. The van der Waals surface area contributed by atoms with E-state index in [0.29, 0.717) is 22.6 Å². The van der Waals surface area contributed by atoms with Gasteiger partial charge >= 0.3 is 0 Å². The van der Waals surface area contributed by atoms with Crippen molar-refractivity contribution in [1.29, 1.82) is 0 Å². The van der Waals surface area contributed by atoms with Crippen molar-refractivity contribution in [2.24, 2.45) is 23.7 Å². The van der Waals surface area contributed by atoms with Gasteiger partial charge in [-0.3, -0.25) is 0 Å². The molecular formula is C26H28Cl2N4. The number of hydrogen-bond acceptors (Lipinski definition) is 3. The Morgan fingerprint density at radius 1 is 0.812 bits per heavy atom. The molecule has 4 nitrogen and oxygen atoms in total. The largest absolute Gasteiger partial charge is 0.308 e. The maximum Gasteiger partial charge on any atom is 0.117 e. The first kappa shape index (κ1) is 20.7. The van der Waals surface area contributed by atoms with Crippen LogP contribution in [0.4, 0.5) is 0 Å². The van der Waals surface area contributed by atoms with E-state index in [4.69, 9.17) is 33.4 Å². The van der Waals surface area contributed by atoms with Gasteiger partial charge in [-0.2, -0.15) is 15.0 Å². The Hall–Kier alpha value is -1.88. The highest BCUT2D eigenvalue weighted by Gasteiger charge is 2.47. The molecule has 6 heteroatoms. The molecule has 1 aromatic heterocycles. The Morgan fingerprint density at radius 2 is 1.47 bits per heavy atom. The van der Waals surface area contributed by atoms with Gasteiger partial charge in [0.25, 0.3) is 0 Å². The summed E-state index contributed by atoms with van der Waals surface area (Å²) >= 11 is 12.8. The van der Waals surface area contributed by atoms with E-state index in [9.17, 15) is 0 Å². The Kier molecular flexibility index (Phi) is 5.49. The van der Waals surface area contributed by atoms with Crippen LogP contribution in [0.2, 0.25) is 10.0 Å². The lowest BCUT2D eigenvalue weighted by Gasteiger charge is -2.54. The summed E-state index contributed by atoms with van der Waals surface area (Å²) in [6.45, 7) is 1.20. The zero-order valence-electron chi connectivity index (χ0n) is 18.1. The predicted molar refractivity (Wildman–Crippen MR) is 129 cm³/mol. The van der Waals surface area contributed by atoms with Crippen molar-refractivity contribution in [3.63, 3.8) is 0 Å². The first-order valence-corrected chi connectivity index (χ1v) is 12.6. The van der Waals surface area contributed by atoms with Gasteiger partial charge in [-0.05, 0) is 67.9 Å². The molecule has 166 valence electrons. The van der Waals surface area contributed by atoms with Crippen LogP contribution in [-0.2, 0) is 13.1 Å². The molecule has 4 fully saturated rings. The lowest BCUT2D eigenvalue weighted by atomic mass is 9.54. The summed E-state index contributed by atoms with van der Waals surface area (Å²) in [6, 6.07) is 16.5. The van der Waals surface area contributed by atoms with Crippen LogP contribution >= 0.6 is 23.2 Å². The molecule has 0 unspecified atom stereocenters. The second-order valence-corrected chi connectivity index (χ2v) is 10.7. The highest BCUT2D eigenvalue weighted by atomic mass is 35.5. The average molecular weight is 467 g/mol. The van der Waals surface area contributed by atoms with Crippen molar-refractivity contribution in [3.8, 4) is 11.3 Å². The number of aromatic nitrogens is 3. The van der Waals surface area contributed by atoms with Crippen LogP contribution in [0.25, 0.3) is 11.3 Å². The Balaban J connectivity index is 1.27. The number of halogens is 2. The molecular weight excluding hydrogens is 439 g/mol. The molecule has 32 heavy (non-hydrogen) atoms. The molecule has 0 atom stereocenters. The van der Waals surface area contributed by atoms with Crippen molar-refractivity contribution in [1.82, 2.24) is 20.3 Å². The highest BCUT2D eigenvalue weighted by Crippen LogP contribution is 2.53. The van der Waals surface area contributed by atoms with Gasteiger partial charge in [-0.15, -0.1) is 0 Å². The Morgan fingerprint density at radius 3 is 2.12 bits per heavy atom. The monoisotopic (exact) mass is 466 g/mol. The van der Waals surface area contributed by atoms with Crippen molar-refractivity contribution in [2.45, 2.75) is 51.2 Å². The minimum Gasteiger partial charge on any atom is -0.308 e. The first-order chi connectivity index (χ1) is 15.6.